The molecule has 6 rings (SSSR count). The van der Waals surface area contributed by atoms with E-state index in [1.165, 1.54) is 26.4 Å². The van der Waals surface area contributed by atoms with Crippen LogP contribution < -0.4 is 14.2 Å². The van der Waals surface area contributed by atoms with Crippen molar-refractivity contribution in [3.05, 3.63) is 68.6 Å². The van der Waals surface area contributed by atoms with E-state index in [0.29, 0.717) is 64.5 Å². The third-order valence-corrected chi connectivity index (χ3v) is 13.4. The summed E-state index contributed by atoms with van der Waals surface area (Å²) in [5.41, 5.74) is 8.01. The third-order valence-electron chi connectivity index (χ3n) is 11.7. The summed E-state index contributed by atoms with van der Waals surface area (Å²) in [5.74, 6) is -7.02. The number of carbonyl (C=O) groups is 5. The number of rotatable bonds is 18. The van der Waals surface area contributed by atoms with Gasteiger partial charge in [-0.05, 0) is 75.7 Å². The fraction of sp³-hybridized carbons (Fsp3) is 0.523. The number of halogens is 1. The van der Waals surface area contributed by atoms with E-state index in [9.17, 15) is 32.4 Å². The number of sulfone groups is 1. The molecule has 0 saturated carbocycles. The van der Waals surface area contributed by atoms with Gasteiger partial charge in [-0.2, -0.15) is 0 Å². The fourth-order valence-corrected chi connectivity index (χ4v) is 9.94. The van der Waals surface area contributed by atoms with Crippen molar-refractivity contribution in [3.8, 4) is 17.2 Å². The molecule has 3 aliphatic rings. The minimum absolute atomic E-state index is 0.0151. The van der Waals surface area contributed by atoms with E-state index in [-0.39, 0.29) is 47.9 Å². The van der Waals surface area contributed by atoms with Crippen LogP contribution >= 0.6 is 15.9 Å². The Labute approximate surface area is 389 Å². The fourth-order valence-electron chi connectivity index (χ4n) is 8.45. The van der Waals surface area contributed by atoms with Crippen LogP contribution in [0.4, 0.5) is 15.3 Å². The summed E-state index contributed by atoms with van der Waals surface area (Å²) < 4.78 is 81.0. The van der Waals surface area contributed by atoms with Gasteiger partial charge in [0.1, 0.15) is 58.8 Å². The van der Waals surface area contributed by atoms with Crippen molar-refractivity contribution in [2.24, 2.45) is 11.0 Å². The van der Waals surface area contributed by atoms with E-state index in [0.717, 1.165) is 11.2 Å². The Bertz CT molecular complexity index is 2570. The number of ether oxygens (including phenoxy) is 9. The number of azide groups is 1. The summed E-state index contributed by atoms with van der Waals surface area (Å²) >= 11 is 3.51. The number of nitrogens with zero attached hydrogens (tertiary/aromatic N) is 4. The molecule has 1 amide bonds. The lowest BCUT2D eigenvalue weighted by molar-refractivity contribution is -0.348. The molecule has 1 aliphatic carbocycles. The van der Waals surface area contributed by atoms with Crippen LogP contribution in [0.5, 0.6) is 17.2 Å². The van der Waals surface area contributed by atoms with Gasteiger partial charge in [0.05, 0.1) is 30.4 Å². The van der Waals surface area contributed by atoms with Crippen LogP contribution in [-0.4, -0.2) is 124 Å². The van der Waals surface area contributed by atoms with Gasteiger partial charge in [-0.3, -0.25) is 9.69 Å². The Hall–Kier alpha value is -5.35. The molecular formula is C44H51BrN4O16S. The highest BCUT2D eigenvalue weighted by Crippen LogP contribution is 2.61. The smallest absolute Gasteiger partial charge is 0.496 e. The van der Waals surface area contributed by atoms with E-state index in [4.69, 9.17) is 48.2 Å². The highest BCUT2D eigenvalue weighted by Gasteiger charge is 2.84. The first-order valence-electron chi connectivity index (χ1n) is 20.7. The van der Waals surface area contributed by atoms with E-state index < -0.39 is 81.2 Å². The number of fused-ring (bicyclic) bond motifs is 4. The van der Waals surface area contributed by atoms with Crippen LogP contribution in [0.2, 0.25) is 0 Å². The van der Waals surface area contributed by atoms with Crippen LogP contribution in [0, 0.1) is 19.8 Å². The molecule has 0 aromatic heterocycles. The number of hydrogen-bond acceptors (Lipinski definition) is 17. The molecule has 20 nitrogen and oxygen atoms in total. The van der Waals surface area contributed by atoms with Crippen molar-refractivity contribution >= 4 is 72.8 Å². The Balaban J connectivity index is 1.54. The highest BCUT2D eigenvalue weighted by molar-refractivity contribution is 9.09. The molecule has 2 bridgehead atoms. The third kappa shape index (κ3) is 9.19. The lowest BCUT2D eigenvalue weighted by atomic mass is 9.78. The number of alkyl halides is 1. The predicted octanol–water partition coefficient (Wildman–Crippen LogP) is 6.89. The Morgan fingerprint density at radius 1 is 1.09 bits per heavy atom. The quantitative estimate of drug-likeness (QED) is 0.0145. The summed E-state index contributed by atoms with van der Waals surface area (Å²) in [6.07, 6.45) is -0.826. The number of ketones is 1. The molecule has 3 aromatic rings. The van der Waals surface area contributed by atoms with Crippen LogP contribution in [-0.2, 0) is 60.9 Å². The molecule has 2 saturated heterocycles. The molecular weight excluding hydrogens is 952 g/mol. The van der Waals surface area contributed by atoms with Gasteiger partial charge in [-0.1, -0.05) is 45.3 Å². The maximum atomic E-state index is 14.0. The van der Waals surface area contributed by atoms with Gasteiger partial charge in [-0.25, -0.2) is 18.0 Å². The second-order valence-electron chi connectivity index (χ2n) is 17.0. The van der Waals surface area contributed by atoms with Gasteiger partial charge in [0.2, 0.25) is 11.4 Å². The SMILES string of the molecule is COc1c2c(c(OC(=O)OC(C)(C)C)c3c(O[C@]4(OC)C5COC(C(C=O)C=O)(O5)[C@@]4(CBr)OCN(CCS(C)(=O)=O)C(=O)OCc4ccc(N=[N+]=[N-])cc4)c(C)c(C)cc13)C(=O)CCC2. The average Bonchev–Trinajstić information content (AvgIpc) is 3.80. The Morgan fingerprint density at radius 2 is 1.79 bits per heavy atom. The van der Waals surface area contributed by atoms with Crippen molar-refractivity contribution < 1.29 is 75.0 Å². The molecule has 0 radical (unpaired) electrons. The van der Waals surface area contributed by atoms with E-state index >= 15 is 0 Å². The van der Waals surface area contributed by atoms with Gasteiger partial charge in [-0.15, -0.1) is 0 Å². The first-order chi connectivity index (χ1) is 31.2. The van der Waals surface area contributed by atoms with Crippen molar-refractivity contribution in [3.63, 3.8) is 0 Å². The second-order valence-corrected chi connectivity index (χ2v) is 19.8. The van der Waals surface area contributed by atoms with Gasteiger partial charge in [0, 0.05) is 53.2 Å². The number of benzene rings is 3. The van der Waals surface area contributed by atoms with Gasteiger partial charge >= 0.3 is 12.2 Å². The number of hydrogen-bond donors (Lipinski definition) is 0. The second kappa shape index (κ2) is 19.5. The van der Waals surface area contributed by atoms with Crippen molar-refractivity contribution in [1.29, 1.82) is 0 Å². The molecule has 2 aliphatic heterocycles. The lowest BCUT2D eigenvalue weighted by Gasteiger charge is -2.52. The zero-order valence-electron chi connectivity index (χ0n) is 37.7. The summed E-state index contributed by atoms with van der Waals surface area (Å²) in [4.78, 5) is 70.8. The summed E-state index contributed by atoms with van der Waals surface area (Å²) in [6.45, 7) is 6.60. The first-order valence-corrected chi connectivity index (χ1v) is 23.9. The van der Waals surface area contributed by atoms with Crippen molar-refractivity contribution in [2.45, 2.75) is 89.4 Å². The van der Waals surface area contributed by atoms with Gasteiger partial charge < -0.3 is 52.2 Å². The van der Waals surface area contributed by atoms with E-state index in [2.05, 4.69) is 26.0 Å². The van der Waals surface area contributed by atoms with Gasteiger partial charge in [0.15, 0.2) is 17.6 Å². The van der Waals surface area contributed by atoms with Gasteiger partial charge in [0.25, 0.3) is 5.79 Å². The topological polar surface area (TPSA) is 255 Å². The maximum absolute atomic E-state index is 14.0. The molecule has 0 spiro atoms. The minimum atomic E-state index is -3.69. The van der Waals surface area contributed by atoms with Crippen LogP contribution in [0.25, 0.3) is 21.2 Å². The van der Waals surface area contributed by atoms with Crippen LogP contribution in [0.1, 0.15) is 66.2 Å². The van der Waals surface area contributed by atoms with E-state index in [1.54, 1.807) is 52.8 Å². The Kier molecular flexibility index (Phi) is 14.8. The van der Waals surface area contributed by atoms with Crippen LogP contribution in [0.3, 0.4) is 0 Å². The maximum Gasteiger partial charge on any atom is 0.514 e. The highest BCUT2D eigenvalue weighted by atomic mass is 79.9. The normalized spacial score (nSPS) is 22.3. The molecule has 4 atom stereocenters. The molecule has 2 unspecified atom stereocenters. The summed E-state index contributed by atoms with van der Waals surface area (Å²) in [5, 5.41) is 3.61. The lowest BCUT2D eigenvalue weighted by Crippen LogP contribution is -2.75. The largest absolute Gasteiger partial charge is 0.514 e. The molecule has 0 N–H and O–H groups in total. The molecule has 356 valence electrons. The zero-order chi connectivity index (χ0) is 48.4. The monoisotopic (exact) mass is 1000 g/mol. The van der Waals surface area contributed by atoms with E-state index in [1.807, 2.05) is 0 Å². The van der Waals surface area contributed by atoms with Crippen molar-refractivity contribution in [1.82, 2.24) is 4.90 Å². The molecule has 2 fully saturated rings. The summed E-state index contributed by atoms with van der Waals surface area (Å²) in [6, 6.07) is 7.94. The van der Waals surface area contributed by atoms with Crippen molar-refractivity contribution in [2.75, 3.05) is 51.4 Å². The van der Waals surface area contributed by atoms with Crippen LogP contribution in [0.15, 0.2) is 35.4 Å². The number of amides is 1. The molecule has 2 heterocycles. The summed E-state index contributed by atoms with van der Waals surface area (Å²) in [7, 11) is -0.983. The number of aryl methyl sites for hydroxylation is 1. The number of Topliss-reactive ketones (excluding diaryl/α,β-unsaturated/α-hetero) is 1. The molecule has 22 heteroatoms. The molecule has 3 aromatic carbocycles. The minimum Gasteiger partial charge on any atom is -0.496 e. The number of carbonyl (C=O) groups excluding carboxylic acids is 5. The standard InChI is InChI=1S/C44H51BrN4O16S/c1-25-18-31-35(38(62-40(54)65-41(3,4)5)34-30(37(31)57-6)10-9-11-32(34)52)36(26(25)2)64-44(58-7)33-22-60-43(63-33,28(19-50)20-51)42(44,23-45)61-24-49(16-17-66(8,55)56)39(53)59-21-27-12-14-29(15-13-27)47-48-46/h12-15,18-20,28,33H,9-11,16-17,21-24H2,1-8H3/t33?,42-,43?,44-/m1/s1. The number of methoxy groups -OCH3 is 2. The number of aldehydes is 2. The average molecular weight is 1000 g/mol. The first kappa shape index (κ1) is 50.1. The molecule has 66 heavy (non-hydrogen) atoms. The zero-order valence-corrected chi connectivity index (χ0v) is 40.1. The predicted molar refractivity (Wildman–Crippen MR) is 238 cm³/mol. The Morgan fingerprint density at radius 3 is 2.38 bits per heavy atom.